The molecule has 1 fully saturated rings. The molecule has 1 heterocycles. The normalized spacial score (nSPS) is 29.2. The van der Waals surface area contributed by atoms with Gasteiger partial charge in [-0.25, -0.2) is 0 Å². The Balaban J connectivity index is 1.81. The van der Waals surface area contributed by atoms with E-state index in [9.17, 15) is 0 Å². The Morgan fingerprint density at radius 3 is 2.87 bits per heavy atom. The lowest BCUT2D eigenvalue weighted by atomic mass is 9.91. The van der Waals surface area contributed by atoms with Crippen molar-refractivity contribution in [3.8, 4) is 0 Å². The lowest BCUT2D eigenvalue weighted by Gasteiger charge is -2.26. The maximum atomic E-state index is 5.82. The number of fused-ring (bicyclic) bond motifs is 1. The van der Waals surface area contributed by atoms with Gasteiger partial charge in [-0.15, -0.1) is 0 Å². The van der Waals surface area contributed by atoms with Crippen molar-refractivity contribution in [2.24, 2.45) is 5.92 Å². The first-order valence-corrected chi connectivity index (χ1v) is 5.83. The van der Waals surface area contributed by atoms with Crippen molar-refractivity contribution in [1.82, 2.24) is 0 Å². The van der Waals surface area contributed by atoms with E-state index in [1.165, 1.54) is 31.2 Å². The minimum atomic E-state index is 0.290. The summed E-state index contributed by atoms with van der Waals surface area (Å²) in [5.41, 5.74) is 2.86. The third-order valence-electron chi connectivity index (χ3n) is 3.60. The molecule has 15 heavy (non-hydrogen) atoms. The molecule has 2 atom stereocenters. The topological polar surface area (TPSA) is 9.23 Å². The van der Waals surface area contributed by atoms with Crippen LogP contribution >= 0.6 is 0 Å². The van der Waals surface area contributed by atoms with Gasteiger partial charge in [0.2, 0.25) is 0 Å². The van der Waals surface area contributed by atoms with Crippen LogP contribution in [0.15, 0.2) is 42.2 Å². The molecule has 1 heteroatoms. The first kappa shape index (κ1) is 9.02. The zero-order chi connectivity index (χ0) is 10.1. The summed E-state index contributed by atoms with van der Waals surface area (Å²) in [4.78, 5) is 0. The Labute approximate surface area is 90.8 Å². The van der Waals surface area contributed by atoms with Crippen LogP contribution in [0.2, 0.25) is 0 Å². The van der Waals surface area contributed by atoms with Crippen LogP contribution in [0.1, 0.15) is 37.4 Å². The van der Waals surface area contributed by atoms with Crippen molar-refractivity contribution in [3.05, 3.63) is 47.7 Å². The summed E-state index contributed by atoms with van der Waals surface area (Å²) in [6.45, 7) is 0. The Morgan fingerprint density at radius 2 is 2.00 bits per heavy atom. The van der Waals surface area contributed by atoms with Crippen LogP contribution in [0.4, 0.5) is 0 Å². The second-order valence-electron chi connectivity index (χ2n) is 4.55. The molecular weight excluding hydrogens is 184 g/mol. The number of ether oxygens (including phenoxy) is 1. The van der Waals surface area contributed by atoms with Crippen molar-refractivity contribution in [3.63, 3.8) is 0 Å². The van der Waals surface area contributed by atoms with Gasteiger partial charge in [0, 0.05) is 0 Å². The Hall–Kier alpha value is -1.24. The highest BCUT2D eigenvalue weighted by Gasteiger charge is 2.29. The molecule has 3 rings (SSSR count). The van der Waals surface area contributed by atoms with E-state index in [0.717, 1.165) is 5.92 Å². The first-order chi connectivity index (χ1) is 7.43. The molecule has 1 aromatic carbocycles. The number of hydrogen-bond acceptors (Lipinski definition) is 1. The van der Waals surface area contributed by atoms with Gasteiger partial charge in [-0.05, 0) is 42.7 Å². The van der Waals surface area contributed by atoms with Crippen molar-refractivity contribution in [1.29, 1.82) is 0 Å². The van der Waals surface area contributed by atoms with E-state index in [1.807, 2.05) is 6.26 Å². The number of hydrogen-bond donors (Lipinski definition) is 0. The van der Waals surface area contributed by atoms with Gasteiger partial charge in [0.15, 0.2) is 0 Å². The molecule has 0 N–H and O–H groups in total. The number of rotatable bonds is 1. The Bertz CT molecular complexity index is 366. The maximum Gasteiger partial charge on any atom is 0.123 e. The number of allylic oxidation sites excluding steroid dienone is 1. The van der Waals surface area contributed by atoms with E-state index < -0.39 is 0 Å². The molecule has 0 radical (unpaired) electrons. The minimum absolute atomic E-state index is 0.290. The molecule has 1 aromatic rings. The predicted molar refractivity (Wildman–Crippen MR) is 60.3 cm³/mol. The summed E-state index contributed by atoms with van der Waals surface area (Å²) in [7, 11) is 0. The van der Waals surface area contributed by atoms with Crippen LogP contribution in [0, 0.1) is 5.92 Å². The lowest BCUT2D eigenvalue weighted by Crippen LogP contribution is -2.13. The van der Waals surface area contributed by atoms with Gasteiger partial charge >= 0.3 is 0 Å². The van der Waals surface area contributed by atoms with Gasteiger partial charge in [-0.1, -0.05) is 30.3 Å². The number of benzene rings is 1. The summed E-state index contributed by atoms with van der Waals surface area (Å²) in [5.74, 6) is 0.795. The van der Waals surface area contributed by atoms with Gasteiger partial charge in [0.1, 0.15) is 6.10 Å². The van der Waals surface area contributed by atoms with Crippen LogP contribution in [0.25, 0.3) is 0 Å². The average molecular weight is 200 g/mol. The quantitative estimate of drug-likeness (QED) is 0.669. The summed E-state index contributed by atoms with van der Waals surface area (Å²) >= 11 is 0. The SMILES string of the molecule is C1=C2CCC[C@@H]2C[C@H](c2ccccc2)O1. The molecule has 2 aliphatic rings. The van der Waals surface area contributed by atoms with Gasteiger partial charge in [-0.3, -0.25) is 0 Å². The van der Waals surface area contributed by atoms with Crippen LogP contribution in [-0.2, 0) is 4.74 Å². The smallest absolute Gasteiger partial charge is 0.123 e. The Morgan fingerprint density at radius 1 is 1.13 bits per heavy atom. The van der Waals surface area contributed by atoms with Crippen molar-refractivity contribution in [2.75, 3.05) is 0 Å². The van der Waals surface area contributed by atoms with E-state index in [0.29, 0.717) is 0 Å². The molecule has 0 saturated heterocycles. The first-order valence-electron chi connectivity index (χ1n) is 5.83. The zero-order valence-electron chi connectivity index (χ0n) is 8.86. The molecule has 1 nitrogen and oxygen atoms in total. The fourth-order valence-corrected chi connectivity index (χ4v) is 2.73. The van der Waals surface area contributed by atoms with Crippen LogP contribution in [-0.4, -0.2) is 0 Å². The largest absolute Gasteiger partial charge is 0.493 e. The standard InChI is InChI=1S/C14H16O/c1-2-5-11(6-3-1)14-9-12-7-4-8-13(12)10-15-14/h1-3,5-6,10,12,14H,4,7-9H2/t12-,14-/m1/s1. The predicted octanol–water partition coefficient (Wildman–Crippen LogP) is 3.83. The molecule has 1 saturated carbocycles. The molecule has 0 aromatic heterocycles. The summed E-state index contributed by atoms with van der Waals surface area (Å²) in [5, 5.41) is 0. The summed E-state index contributed by atoms with van der Waals surface area (Å²) in [6, 6.07) is 10.6. The fourth-order valence-electron chi connectivity index (χ4n) is 2.73. The van der Waals surface area contributed by atoms with Crippen LogP contribution in [0.5, 0.6) is 0 Å². The minimum Gasteiger partial charge on any atom is -0.493 e. The summed E-state index contributed by atoms with van der Waals surface area (Å²) in [6.07, 6.45) is 7.46. The van der Waals surface area contributed by atoms with E-state index in [-0.39, 0.29) is 6.10 Å². The molecule has 1 aliphatic heterocycles. The second kappa shape index (κ2) is 3.73. The fraction of sp³-hybridized carbons (Fsp3) is 0.429. The van der Waals surface area contributed by atoms with Gasteiger partial charge < -0.3 is 4.74 Å². The third kappa shape index (κ3) is 1.67. The average Bonchev–Trinajstić information content (AvgIpc) is 2.77. The molecule has 0 bridgehead atoms. The molecule has 78 valence electrons. The van der Waals surface area contributed by atoms with E-state index >= 15 is 0 Å². The molecule has 0 unspecified atom stereocenters. The molecule has 0 amide bonds. The highest BCUT2D eigenvalue weighted by Crippen LogP contribution is 2.42. The zero-order valence-corrected chi connectivity index (χ0v) is 8.86. The molecular formula is C14H16O. The van der Waals surface area contributed by atoms with Crippen molar-refractivity contribution >= 4 is 0 Å². The van der Waals surface area contributed by atoms with Crippen LogP contribution < -0.4 is 0 Å². The monoisotopic (exact) mass is 200 g/mol. The highest BCUT2D eigenvalue weighted by atomic mass is 16.5. The third-order valence-corrected chi connectivity index (χ3v) is 3.60. The van der Waals surface area contributed by atoms with Crippen molar-refractivity contribution < 1.29 is 4.74 Å². The van der Waals surface area contributed by atoms with Crippen LogP contribution in [0.3, 0.4) is 0 Å². The Kier molecular flexibility index (Phi) is 2.24. The van der Waals surface area contributed by atoms with Gasteiger partial charge in [0.05, 0.1) is 6.26 Å². The molecule has 1 aliphatic carbocycles. The van der Waals surface area contributed by atoms with E-state index in [2.05, 4.69) is 30.3 Å². The van der Waals surface area contributed by atoms with E-state index in [4.69, 9.17) is 4.74 Å². The van der Waals surface area contributed by atoms with Crippen molar-refractivity contribution in [2.45, 2.75) is 31.8 Å². The molecule has 0 spiro atoms. The van der Waals surface area contributed by atoms with E-state index in [1.54, 1.807) is 5.57 Å². The maximum absolute atomic E-state index is 5.82. The highest BCUT2D eigenvalue weighted by molar-refractivity contribution is 5.21. The summed E-state index contributed by atoms with van der Waals surface area (Å²) < 4.78 is 5.82. The lowest BCUT2D eigenvalue weighted by molar-refractivity contribution is 0.103. The second-order valence-corrected chi connectivity index (χ2v) is 4.55. The van der Waals surface area contributed by atoms with Gasteiger partial charge in [0.25, 0.3) is 0 Å². The van der Waals surface area contributed by atoms with Gasteiger partial charge in [-0.2, -0.15) is 0 Å².